The van der Waals surface area contributed by atoms with Gasteiger partial charge in [-0.25, -0.2) is 4.79 Å². The molecule has 0 atom stereocenters. The molecule has 0 fully saturated rings. The van der Waals surface area contributed by atoms with Gasteiger partial charge in [-0.15, -0.1) is 0 Å². The van der Waals surface area contributed by atoms with E-state index in [1.807, 2.05) is 18.2 Å². The molecule has 6 nitrogen and oxygen atoms in total. The van der Waals surface area contributed by atoms with Crippen LogP contribution in [0.4, 0.5) is 4.79 Å². The van der Waals surface area contributed by atoms with Gasteiger partial charge in [-0.3, -0.25) is 0 Å². The number of unbranched alkanes of at least 4 members (excludes halogenated alkanes) is 1. The highest BCUT2D eigenvalue weighted by molar-refractivity contribution is 5.67. The molecule has 0 saturated heterocycles. The predicted octanol–water partition coefficient (Wildman–Crippen LogP) is 2.49. The van der Waals surface area contributed by atoms with E-state index in [2.05, 4.69) is 17.2 Å². The molecule has 0 radical (unpaired) electrons. The highest BCUT2D eigenvalue weighted by Crippen LogP contribution is 2.24. The van der Waals surface area contributed by atoms with Gasteiger partial charge in [-0.05, 0) is 25.5 Å². The van der Waals surface area contributed by atoms with Crippen LogP contribution in [0.5, 0.6) is 11.5 Å². The zero-order valence-corrected chi connectivity index (χ0v) is 13.9. The van der Waals surface area contributed by atoms with Crippen molar-refractivity contribution in [1.82, 2.24) is 10.6 Å². The average molecular weight is 322 g/mol. The fourth-order valence-corrected chi connectivity index (χ4v) is 1.97. The Kier molecular flexibility index (Phi) is 9.31. The third-order valence-corrected chi connectivity index (χ3v) is 3.19. The van der Waals surface area contributed by atoms with Crippen molar-refractivity contribution in [3.63, 3.8) is 0 Å². The maximum absolute atomic E-state index is 11.2. The molecule has 23 heavy (non-hydrogen) atoms. The summed E-state index contributed by atoms with van der Waals surface area (Å²) in [7, 11) is 3.28. The quantitative estimate of drug-likeness (QED) is 0.484. The van der Waals surface area contributed by atoms with Crippen LogP contribution in [0.2, 0.25) is 0 Å². The molecule has 0 saturated carbocycles. The number of amides is 1. The lowest BCUT2D eigenvalue weighted by atomic mass is 10.2. The largest absolute Gasteiger partial charge is 0.497 e. The smallest absolute Gasteiger partial charge is 0.407 e. The van der Waals surface area contributed by atoms with Gasteiger partial charge in [0.15, 0.2) is 0 Å². The summed E-state index contributed by atoms with van der Waals surface area (Å²) in [6.45, 7) is 5.90. The fraction of sp³-hybridized carbons (Fsp3) is 0.471. The molecule has 0 aliphatic heterocycles. The first kappa shape index (κ1) is 18.8. The number of ether oxygens (including phenoxy) is 3. The van der Waals surface area contributed by atoms with Crippen molar-refractivity contribution in [2.45, 2.75) is 19.4 Å². The summed E-state index contributed by atoms with van der Waals surface area (Å²) >= 11 is 0. The molecule has 6 heteroatoms. The van der Waals surface area contributed by atoms with Crippen molar-refractivity contribution in [2.24, 2.45) is 0 Å². The van der Waals surface area contributed by atoms with Gasteiger partial charge in [0.25, 0.3) is 0 Å². The zero-order chi connectivity index (χ0) is 16.9. The zero-order valence-electron chi connectivity index (χ0n) is 13.9. The Morgan fingerprint density at radius 3 is 2.70 bits per heavy atom. The van der Waals surface area contributed by atoms with E-state index in [0.29, 0.717) is 6.54 Å². The number of alkyl carbamates (subject to hydrolysis) is 1. The van der Waals surface area contributed by atoms with E-state index >= 15 is 0 Å². The summed E-state index contributed by atoms with van der Waals surface area (Å²) < 4.78 is 15.3. The van der Waals surface area contributed by atoms with Gasteiger partial charge >= 0.3 is 6.09 Å². The highest BCUT2D eigenvalue weighted by Gasteiger charge is 2.04. The number of rotatable bonds is 11. The first-order valence-electron chi connectivity index (χ1n) is 7.64. The molecule has 0 bridgehead atoms. The number of carbonyl (C=O) groups excluding carboxylic acids is 1. The monoisotopic (exact) mass is 322 g/mol. The Bertz CT molecular complexity index is 491. The van der Waals surface area contributed by atoms with Gasteiger partial charge < -0.3 is 24.8 Å². The van der Waals surface area contributed by atoms with E-state index in [1.54, 1.807) is 14.2 Å². The molecule has 0 heterocycles. The molecule has 1 amide bonds. The highest BCUT2D eigenvalue weighted by atomic mass is 16.5. The van der Waals surface area contributed by atoms with Crippen LogP contribution in [0.1, 0.15) is 18.4 Å². The van der Waals surface area contributed by atoms with Gasteiger partial charge in [0, 0.05) is 24.7 Å². The Labute approximate surface area is 137 Å². The van der Waals surface area contributed by atoms with Gasteiger partial charge in [0.05, 0.1) is 14.2 Å². The van der Waals surface area contributed by atoms with Crippen LogP contribution in [-0.4, -0.2) is 40.0 Å². The minimum atomic E-state index is -0.402. The second-order valence-corrected chi connectivity index (χ2v) is 4.88. The first-order chi connectivity index (χ1) is 11.2. The standard InChI is InChI=1S/C17H26N2O4/c1-4-11-23-17(20)19-10-6-5-9-18-13-14-7-8-15(21-2)12-16(14)22-3/h4,7-8,12,18H,1,5-6,9-11,13H2,2-3H3,(H,19,20). The van der Waals surface area contributed by atoms with E-state index in [0.717, 1.165) is 43.0 Å². The summed E-state index contributed by atoms with van der Waals surface area (Å²) in [5.74, 6) is 1.59. The summed E-state index contributed by atoms with van der Waals surface area (Å²) in [6.07, 6.45) is 2.98. The van der Waals surface area contributed by atoms with Gasteiger partial charge in [0.1, 0.15) is 18.1 Å². The van der Waals surface area contributed by atoms with Gasteiger partial charge in [-0.1, -0.05) is 18.7 Å². The van der Waals surface area contributed by atoms with E-state index < -0.39 is 6.09 Å². The van der Waals surface area contributed by atoms with Crippen LogP contribution in [0.25, 0.3) is 0 Å². The first-order valence-corrected chi connectivity index (χ1v) is 7.64. The summed E-state index contributed by atoms with van der Waals surface area (Å²) in [4.78, 5) is 11.2. The van der Waals surface area contributed by atoms with Crippen LogP contribution >= 0.6 is 0 Å². The van der Waals surface area contributed by atoms with Crippen molar-refractivity contribution in [3.8, 4) is 11.5 Å². The van der Waals surface area contributed by atoms with E-state index in [9.17, 15) is 4.79 Å². The Hall–Kier alpha value is -2.21. The maximum Gasteiger partial charge on any atom is 0.407 e. The van der Waals surface area contributed by atoms with Gasteiger partial charge in [-0.2, -0.15) is 0 Å². The van der Waals surface area contributed by atoms with Crippen LogP contribution < -0.4 is 20.1 Å². The third-order valence-electron chi connectivity index (χ3n) is 3.19. The third kappa shape index (κ3) is 7.56. The van der Waals surface area contributed by atoms with Crippen molar-refractivity contribution < 1.29 is 19.0 Å². The molecular weight excluding hydrogens is 296 g/mol. The summed E-state index contributed by atoms with van der Waals surface area (Å²) in [5, 5.41) is 6.04. The SMILES string of the molecule is C=CCOC(=O)NCCCCNCc1ccc(OC)cc1OC. The van der Waals surface area contributed by atoms with Crippen molar-refractivity contribution in [2.75, 3.05) is 33.9 Å². The second kappa shape index (κ2) is 11.4. The molecule has 0 aromatic heterocycles. The molecule has 0 aliphatic rings. The van der Waals surface area contributed by atoms with E-state index in [1.165, 1.54) is 6.08 Å². The lowest BCUT2D eigenvalue weighted by Gasteiger charge is -2.11. The number of methoxy groups -OCH3 is 2. The van der Waals surface area contributed by atoms with E-state index in [-0.39, 0.29) is 6.61 Å². The molecule has 128 valence electrons. The number of nitrogens with one attached hydrogen (secondary N) is 2. The van der Waals surface area contributed by atoms with E-state index in [4.69, 9.17) is 14.2 Å². The van der Waals surface area contributed by atoms with Crippen LogP contribution in [0.3, 0.4) is 0 Å². The van der Waals surface area contributed by atoms with Crippen molar-refractivity contribution in [1.29, 1.82) is 0 Å². The topological polar surface area (TPSA) is 68.8 Å². The lowest BCUT2D eigenvalue weighted by molar-refractivity contribution is 0.158. The van der Waals surface area contributed by atoms with Gasteiger partial charge in [0.2, 0.25) is 0 Å². The maximum atomic E-state index is 11.2. The number of hydrogen-bond acceptors (Lipinski definition) is 5. The molecule has 2 N–H and O–H groups in total. The molecule has 1 aromatic rings. The lowest BCUT2D eigenvalue weighted by Crippen LogP contribution is -2.26. The summed E-state index contributed by atoms with van der Waals surface area (Å²) in [5.41, 5.74) is 1.08. The van der Waals surface area contributed by atoms with Crippen LogP contribution in [-0.2, 0) is 11.3 Å². The number of benzene rings is 1. The molecular formula is C17H26N2O4. The second-order valence-electron chi connectivity index (χ2n) is 4.88. The van der Waals surface area contributed by atoms with Crippen molar-refractivity contribution >= 4 is 6.09 Å². The molecule has 1 rings (SSSR count). The Morgan fingerprint density at radius 2 is 2.00 bits per heavy atom. The molecule has 0 spiro atoms. The number of carbonyl (C=O) groups is 1. The van der Waals surface area contributed by atoms with Crippen molar-refractivity contribution in [3.05, 3.63) is 36.4 Å². The Morgan fingerprint density at radius 1 is 1.22 bits per heavy atom. The van der Waals surface area contributed by atoms with Crippen LogP contribution in [0, 0.1) is 0 Å². The molecule has 0 aliphatic carbocycles. The fourth-order valence-electron chi connectivity index (χ4n) is 1.97. The normalized spacial score (nSPS) is 10.0. The number of hydrogen-bond donors (Lipinski definition) is 2. The Balaban J connectivity index is 2.15. The molecule has 1 aromatic carbocycles. The van der Waals surface area contributed by atoms with Crippen LogP contribution in [0.15, 0.2) is 30.9 Å². The summed E-state index contributed by atoms with van der Waals surface area (Å²) in [6, 6.07) is 5.77. The minimum Gasteiger partial charge on any atom is -0.497 e. The predicted molar refractivity (Wildman–Crippen MR) is 90.0 cm³/mol. The molecule has 0 unspecified atom stereocenters. The minimum absolute atomic E-state index is 0.233. The average Bonchev–Trinajstić information content (AvgIpc) is 2.59.